The molecule has 2 amide bonds. The lowest BCUT2D eigenvalue weighted by Crippen LogP contribution is -2.50. The van der Waals surface area contributed by atoms with E-state index in [4.69, 9.17) is 0 Å². The van der Waals surface area contributed by atoms with Gasteiger partial charge in [0.15, 0.2) is 0 Å². The highest BCUT2D eigenvalue weighted by atomic mass is 16.2. The van der Waals surface area contributed by atoms with Crippen LogP contribution < -0.4 is 5.32 Å². The number of nitrogens with zero attached hydrogens (tertiary/aromatic N) is 4. The molecule has 0 unspecified atom stereocenters. The second-order valence-corrected chi connectivity index (χ2v) is 7.87. The van der Waals surface area contributed by atoms with E-state index >= 15 is 0 Å². The highest BCUT2D eigenvalue weighted by Crippen LogP contribution is 2.22. The molecule has 2 aliphatic rings. The number of amides is 2. The Hall–Kier alpha value is -1.56. The van der Waals surface area contributed by atoms with E-state index in [1.165, 1.54) is 12.8 Å². The van der Waals surface area contributed by atoms with Crippen molar-refractivity contribution in [2.45, 2.75) is 51.6 Å². The van der Waals surface area contributed by atoms with Gasteiger partial charge in [-0.3, -0.25) is 4.68 Å². The lowest BCUT2D eigenvalue weighted by atomic mass is 9.90. The Morgan fingerprint density at radius 2 is 1.92 bits per heavy atom. The molecule has 0 spiro atoms. The fourth-order valence-electron chi connectivity index (χ4n) is 4.10. The number of hydrogen-bond acceptors (Lipinski definition) is 3. The number of likely N-dealkylation sites (tertiary alicyclic amines) is 2. The maximum absolute atomic E-state index is 12.6. The molecule has 1 aromatic rings. The molecule has 25 heavy (non-hydrogen) atoms. The Morgan fingerprint density at radius 3 is 2.56 bits per heavy atom. The van der Waals surface area contributed by atoms with Gasteiger partial charge in [0.25, 0.3) is 0 Å². The first kappa shape index (κ1) is 18.2. The van der Waals surface area contributed by atoms with E-state index < -0.39 is 0 Å². The lowest BCUT2D eigenvalue weighted by Gasteiger charge is -2.36. The Kier molecular flexibility index (Phi) is 6.34. The zero-order valence-electron chi connectivity index (χ0n) is 15.7. The van der Waals surface area contributed by atoms with Gasteiger partial charge in [-0.15, -0.1) is 0 Å². The van der Waals surface area contributed by atoms with Crippen LogP contribution in [0, 0.1) is 11.8 Å². The molecule has 3 rings (SSSR count). The molecule has 0 aliphatic carbocycles. The van der Waals surface area contributed by atoms with Gasteiger partial charge in [-0.05, 0) is 77.1 Å². The van der Waals surface area contributed by atoms with Crippen LogP contribution >= 0.6 is 0 Å². The third kappa shape index (κ3) is 5.21. The molecule has 2 aliphatic heterocycles. The Labute approximate surface area is 151 Å². The third-order valence-electron chi connectivity index (χ3n) is 6.05. The molecule has 6 nitrogen and oxygen atoms in total. The number of urea groups is 1. The van der Waals surface area contributed by atoms with Crippen LogP contribution in [0.25, 0.3) is 0 Å². The van der Waals surface area contributed by atoms with E-state index in [1.807, 2.05) is 28.0 Å². The zero-order valence-corrected chi connectivity index (χ0v) is 15.7. The van der Waals surface area contributed by atoms with Gasteiger partial charge in [0.2, 0.25) is 0 Å². The van der Waals surface area contributed by atoms with Crippen LogP contribution in [0.3, 0.4) is 0 Å². The van der Waals surface area contributed by atoms with Gasteiger partial charge < -0.3 is 15.1 Å². The van der Waals surface area contributed by atoms with Gasteiger partial charge in [0, 0.05) is 38.1 Å². The van der Waals surface area contributed by atoms with E-state index in [1.54, 1.807) is 0 Å². The molecular weight excluding hydrogens is 314 g/mol. The minimum Gasteiger partial charge on any atom is -0.335 e. The summed E-state index contributed by atoms with van der Waals surface area (Å²) in [7, 11) is 2.18. The molecule has 0 aromatic carbocycles. The summed E-state index contributed by atoms with van der Waals surface area (Å²) in [6.45, 7) is 7.21. The summed E-state index contributed by atoms with van der Waals surface area (Å²) in [5, 5.41) is 7.52. The first-order valence-corrected chi connectivity index (χ1v) is 9.83. The van der Waals surface area contributed by atoms with E-state index in [2.05, 4.69) is 29.3 Å². The second kappa shape index (κ2) is 8.70. The highest BCUT2D eigenvalue weighted by molar-refractivity contribution is 5.74. The standard InChI is InChI=1S/C19H33N5O/c1-16(18-7-11-22(2)12-8-18)21-19(25)23-13-4-17(5-14-23)6-15-24-10-3-9-20-24/h3,9-10,16-18H,4-8,11-15H2,1-2H3,(H,21,25)/t16-/m1/s1. The largest absolute Gasteiger partial charge is 0.335 e. The fraction of sp³-hybridized carbons (Fsp3) is 0.789. The van der Waals surface area contributed by atoms with Crippen molar-refractivity contribution in [1.29, 1.82) is 0 Å². The van der Waals surface area contributed by atoms with Gasteiger partial charge in [-0.2, -0.15) is 5.10 Å². The molecule has 1 atom stereocenters. The van der Waals surface area contributed by atoms with Crippen LogP contribution in [0.4, 0.5) is 4.79 Å². The smallest absolute Gasteiger partial charge is 0.317 e. The van der Waals surface area contributed by atoms with E-state index in [-0.39, 0.29) is 12.1 Å². The average molecular weight is 348 g/mol. The number of piperidine rings is 2. The molecule has 0 saturated carbocycles. The molecule has 3 heterocycles. The molecule has 0 radical (unpaired) electrons. The predicted octanol–water partition coefficient (Wildman–Crippen LogP) is 2.43. The zero-order chi connectivity index (χ0) is 17.6. The average Bonchev–Trinajstić information content (AvgIpc) is 3.14. The van der Waals surface area contributed by atoms with Crippen molar-refractivity contribution in [3.63, 3.8) is 0 Å². The number of aromatic nitrogens is 2. The normalized spacial score (nSPS) is 22.1. The summed E-state index contributed by atoms with van der Waals surface area (Å²) in [4.78, 5) is 16.9. The number of aryl methyl sites for hydroxylation is 1. The summed E-state index contributed by atoms with van der Waals surface area (Å²) >= 11 is 0. The molecule has 6 heteroatoms. The molecule has 0 bridgehead atoms. The van der Waals surface area contributed by atoms with Crippen LogP contribution in [0.15, 0.2) is 18.5 Å². The number of carbonyl (C=O) groups excluding carboxylic acids is 1. The molecular formula is C19H33N5O. The number of nitrogens with one attached hydrogen (secondary N) is 1. The summed E-state index contributed by atoms with van der Waals surface area (Å²) in [6.07, 6.45) is 9.60. The molecule has 2 fully saturated rings. The van der Waals surface area contributed by atoms with Gasteiger partial charge in [-0.1, -0.05) is 0 Å². The molecule has 1 N–H and O–H groups in total. The van der Waals surface area contributed by atoms with E-state index in [0.29, 0.717) is 11.8 Å². The maximum atomic E-state index is 12.6. The van der Waals surface area contributed by atoms with E-state index in [9.17, 15) is 4.79 Å². The van der Waals surface area contributed by atoms with Gasteiger partial charge in [-0.25, -0.2) is 4.79 Å². The Balaban J connectivity index is 1.36. The Bertz CT molecular complexity index is 516. The summed E-state index contributed by atoms with van der Waals surface area (Å²) in [6, 6.07) is 2.38. The topological polar surface area (TPSA) is 53.4 Å². The second-order valence-electron chi connectivity index (χ2n) is 7.87. The SMILES string of the molecule is C[C@@H](NC(=O)N1CCC(CCn2cccn2)CC1)C1CCN(C)CC1. The number of rotatable bonds is 5. The first-order chi connectivity index (χ1) is 12.1. The minimum absolute atomic E-state index is 0.136. The monoisotopic (exact) mass is 347 g/mol. The van der Waals surface area contributed by atoms with Crippen LogP contribution in [0.2, 0.25) is 0 Å². The predicted molar refractivity (Wildman–Crippen MR) is 99.4 cm³/mol. The lowest BCUT2D eigenvalue weighted by molar-refractivity contribution is 0.151. The molecule has 2 saturated heterocycles. The summed E-state index contributed by atoms with van der Waals surface area (Å²) in [5.41, 5.74) is 0. The maximum Gasteiger partial charge on any atom is 0.317 e. The third-order valence-corrected chi connectivity index (χ3v) is 6.05. The van der Waals surface area contributed by atoms with E-state index in [0.717, 1.165) is 52.0 Å². The van der Waals surface area contributed by atoms with Crippen LogP contribution in [0.5, 0.6) is 0 Å². The highest BCUT2D eigenvalue weighted by Gasteiger charge is 2.27. The molecule has 1 aromatic heterocycles. The van der Waals surface area contributed by atoms with Gasteiger partial charge in [0.05, 0.1) is 0 Å². The fourth-order valence-corrected chi connectivity index (χ4v) is 4.10. The van der Waals surface area contributed by atoms with Crippen LogP contribution in [0.1, 0.15) is 39.0 Å². The first-order valence-electron chi connectivity index (χ1n) is 9.83. The van der Waals surface area contributed by atoms with Crippen molar-refractivity contribution >= 4 is 6.03 Å². The summed E-state index contributed by atoms with van der Waals surface area (Å²) < 4.78 is 2.00. The van der Waals surface area contributed by atoms with Crippen LogP contribution in [-0.2, 0) is 6.54 Å². The molecule has 140 valence electrons. The Morgan fingerprint density at radius 1 is 1.20 bits per heavy atom. The van der Waals surface area contributed by atoms with Crippen molar-refractivity contribution in [2.75, 3.05) is 33.2 Å². The minimum atomic E-state index is 0.136. The number of carbonyl (C=O) groups is 1. The summed E-state index contributed by atoms with van der Waals surface area (Å²) in [5.74, 6) is 1.33. The van der Waals surface area contributed by atoms with Crippen molar-refractivity contribution in [3.8, 4) is 0 Å². The van der Waals surface area contributed by atoms with Crippen molar-refractivity contribution in [1.82, 2.24) is 24.9 Å². The van der Waals surface area contributed by atoms with Crippen molar-refractivity contribution in [3.05, 3.63) is 18.5 Å². The van der Waals surface area contributed by atoms with Crippen molar-refractivity contribution in [2.24, 2.45) is 11.8 Å². The van der Waals surface area contributed by atoms with Crippen molar-refractivity contribution < 1.29 is 4.79 Å². The number of hydrogen-bond donors (Lipinski definition) is 1. The van der Waals surface area contributed by atoms with Gasteiger partial charge in [0.1, 0.15) is 0 Å². The van der Waals surface area contributed by atoms with Gasteiger partial charge >= 0.3 is 6.03 Å². The quantitative estimate of drug-likeness (QED) is 0.890. The van der Waals surface area contributed by atoms with Crippen LogP contribution in [-0.4, -0.2) is 64.9 Å².